The summed E-state index contributed by atoms with van der Waals surface area (Å²) >= 11 is 0. The molecule has 2 aromatic rings. The average molecular weight is 328 g/mol. The highest BCUT2D eigenvalue weighted by atomic mass is 16.3. The molecule has 3 rings (SSSR count). The van der Waals surface area contributed by atoms with Crippen LogP contribution in [0.3, 0.4) is 0 Å². The number of rotatable bonds is 4. The second kappa shape index (κ2) is 7.13. The van der Waals surface area contributed by atoms with E-state index in [1.54, 1.807) is 16.8 Å². The lowest BCUT2D eigenvalue weighted by Gasteiger charge is -2.30. The Morgan fingerprint density at radius 3 is 2.58 bits per heavy atom. The summed E-state index contributed by atoms with van der Waals surface area (Å²) in [6.45, 7) is 3.89. The lowest BCUT2D eigenvalue weighted by atomic mass is 9.85. The zero-order valence-corrected chi connectivity index (χ0v) is 14.2. The third-order valence-corrected chi connectivity index (χ3v) is 4.71. The predicted molar refractivity (Wildman–Crippen MR) is 91.1 cm³/mol. The summed E-state index contributed by atoms with van der Waals surface area (Å²) in [5, 5.41) is 16.9. The molecule has 0 bridgehead atoms. The van der Waals surface area contributed by atoms with E-state index < -0.39 is 0 Å². The number of amides is 1. The molecule has 0 aliphatic heterocycles. The molecule has 2 atom stereocenters. The standard InChI is InChI=1S/C18H24N4O2/c1-12-19-13(2)22(21-12)16-9-7-14(8-10-16)18(24)20-17-6-4-3-5-15(17)11-23/h7-10,15,17,23H,3-6,11H2,1-2H3,(H,20,24). The van der Waals surface area contributed by atoms with Gasteiger partial charge >= 0.3 is 0 Å². The molecule has 6 nitrogen and oxygen atoms in total. The zero-order valence-electron chi connectivity index (χ0n) is 14.2. The fourth-order valence-corrected chi connectivity index (χ4v) is 3.39. The highest BCUT2D eigenvalue weighted by Crippen LogP contribution is 2.24. The number of carbonyl (C=O) groups is 1. The van der Waals surface area contributed by atoms with Crippen molar-refractivity contribution in [1.82, 2.24) is 20.1 Å². The lowest BCUT2D eigenvalue weighted by molar-refractivity contribution is 0.0872. The van der Waals surface area contributed by atoms with Gasteiger partial charge in [0.15, 0.2) is 0 Å². The van der Waals surface area contributed by atoms with E-state index in [0.717, 1.165) is 43.0 Å². The zero-order chi connectivity index (χ0) is 17.1. The van der Waals surface area contributed by atoms with E-state index in [1.807, 2.05) is 26.0 Å². The van der Waals surface area contributed by atoms with Gasteiger partial charge in [0.2, 0.25) is 0 Å². The van der Waals surface area contributed by atoms with Crippen LogP contribution in [-0.4, -0.2) is 38.4 Å². The van der Waals surface area contributed by atoms with Gasteiger partial charge in [0.25, 0.3) is 5.91 Å². The number of aliphatic hydroxyl groups is 1. The van der Waals surface area contributed by atoms with Gasteiger partial charge in [-0.15, -0.1) is 0 Å². The van der Waals surface area contributed by atoms with E-state index in [0.29, 0.717) is 5.56 Å². The van der Waals surface area contributed by atoms with Crippen LogP contribution in [0.2, 0.25) is 0 Å². The second-order valence-corrected chi connectivity index (χ2v) is 6.47. The van der Waals surface area contributed by atoms with E-state index in [1.165, 1.54) is 0 Å². The summed E-state index contributed by atoms with van der Waals surface area (Å²) in [7, 11) is 0. The summed E-state index contributed by atoms with van der Waals surface area (Å²) < 4.78 is 1.76. The van der Waals surface area contributed by atoms with Gasteiger partial charge in [-0.1, -0.05) is 12.8 Å². The molecule has 1 aliphatic rings. The van der Waals surface area contributed by atoms with E-state index in [-0.39, 0.29) is 24.5 Å². The molecule has 24 heavy (non-hydrogen) atoms. The number of hydrogen-bond donors (Lipinski definition) is 2. The molecule has 2 unspecified atom stereocenters. The van der Waals surface area contributed by atoms with Crippen molar-refractivity contribution in [2.75, 3.05) is 6.61 Å². The van der Waals surface area contributed by atoms with Gasteiger partial charge in [-0.2, -0.15) is 5.10 Å². The first kappa shape index (κ1) is 16.6. The van der Waals surface area contributed by atoms with Crippen LogP contribution in [-0.2, 0) is 0 Å². The first-order valence-corrected chi connectivity index (χ1v) is 8.51. The summed E-state index contributed by atoms with van der Waals surface area (Å²) in [6.07, 6.45) is 4.14. The van der Waals surface area contributed by atoms with Gasteiger partial charge in [0, 0.05) is 24.1 Å². The molecule has 1 fully saturated rings. The molecule has 0 radical (unpaired) electrons. The average Bonchev–Trinajstić information content (AvgIpc) is 2.94. The van der Waals surface area contributed by atoms with Gasteiger partial charge in [0.1, 0.15) is 11.6 Å². The molecule has 1 saturated carbocycles. The van der Waals surface area contributed by atoms with Crippen molar-refractivity contribution in [3.05, 3.63) is 41.5 Å². The third kappa shape index (κ3) is 3.48. The Bertz CT molecular complexity index is 708. The topological polar surface area (TPSA) is 80.0 Å². The fourth-order valence-electron chi connectivity index (χ4n) is 3.39. The number of hydrogen-bond acceptors (Lipinski definition) is 4. The number of carbonyl (C=O) groups excluding carboxylic acids is 1. The number of benzene rings is 1. The van der Waals surface area contributed by atoms with Crippen LogP contribution < -0.4 is 5.32 Å². The van der Waals surface area contributed by atoms with Crippen LogP contribution in [0, 0.1) is 19.8 Å². The fraction of sp³-hybridized carbons (Fsp3) is 0.500. The van der Waals surface area contributed by atoms with Crippen molar-refractivity contribution in [1.29, 1.82) is 0 Å². The van der Waals surface area contributed by atoms with Crippen LogP contribution in [0.4, 0.5) is 0 Å². The molecule has 0 spiro atoms. The quantitative estimate of drug-likeness (QED) is 0.901. The molecule has 6 heteroatoms. The second-order valence-electron chi connectivity index (χ2n) is 6.47. The van der Waals surface area contributed by atoms with Gasteiger partial charge in [-0.3, -0.25) is 4.79 Å². The van der Waals surface area contributed by atoms with Gasteiger partial charge in [-0.25, -0.2) is 9.67 Å². The van der Waals surface area contributed by atoms with E-state index in [2.05, 4.69) is 15.4 Å². The minimum atomic E-state index is -0.0848. The largest absolute Gasteiger partial charge is 0.396 e. The normalized spacial score (nSPS) is 20.8. The molecule has 0 saturated heterocycles. The molecule has 1 aliphatic carbocycles. The van der Waals surface area contributed by atoms with Crippen LogP contribution in [0.15, 0.2) is 24.3 Å². The maximum Gasteiger partial charge on any atom is 0.251 e. The van der Waals surface area contributed by atoms with Crippen LogP contribution in [0.25, 0.3) is 5.69 Å². The molecule has 1 aromatic heterocycles. The van der Waals surface area contributed by atoms with Gasteiger partial charge in [-0.05, 0) is 51.0 Å². The maximum atomic E-state index is 12.5. The minimum Gasteiger partial charge on any atom is -0.396 e. The number of aliphatic hydroxyl groups excluding tert-OH is 1. The Hall–Kier alpha value is -2.21. The van der Waals surface area contributed by atoms with Crippen LogP contribution in [0.5, 0.6) is 0 Å². The lowest BCUT2D eigenvalue weighted by Crippen LogP contribution is -2.43. The molecule has 2 N–H and O–H groups in total. The number of aromatic nitrogens is 3. The monoisotopic (exact) mass is 328 g/mol. The molecular formula is C18H24N4O2. The number of nitrogens with one attached hydrogen (secondary N) is 1. The molecule has 128 valence electrons. The SMILES string of the molecule is Cc1nc(C)n(-c2ccc(C(=O)NC3CCCCC3CO)cc2)n1. The van der Waals surface area contributed by atoms with Crippen molar-refractivity contribution in [3.8, 4) is 5.69 Å². The van der Waals surface area contributed by atoms with Crippen molar-refractivity contribution in [2.45, 2.75) is 45.6 Å². The van der Waals surface area contributed by atoms with Gasteiger partial charge in [0.05, 0.1) is 5.69 Å². The smallest absolute Gasteiger partial charge is 0.251 e. The van der Waals surface area contributed by atoms with Crippen molar-refractivity contribution in [2.24, 2.45) is 5.92 Å². The van der Waals surface area contributed by atoms with E-state index >= 15 is 0 Å². The van der Waals surface area contributed by atoms with Crippen LogP contribution in [0.1, 0.15) is 47.7 Å². The Morgan fingerprint density at radius 2 is 1.96 bits per heavy atom. The van der Waals surface area contributed by atoms with E-state index in [4.69, 9.17) is 0 Å². The molecule has 1 heterocycles. The Labute approximate surface area is 141 Å². The maximum absolute atomic E-state index is 12.5. The van der Waals surface area contributed by atoms with Crippen molar-refractivity contribution < 1.29 is 9.90 Å². The summed E-state index contributed by atoms with van der Waals surface area (Å²) in [5.41, 5.74) is 1.51. The summed E-state index contributed by atoms with van der Waals surface area (Å²) in [5.74, 6) is 1.63. The minimum absolute atomic E-state index is 0.0659. The predicted octanol–water partition coefficient (Wildman–Crippen LogP) is 2.17. The Balaban J connectivity index is 1.71. The highest BCUT2D eigenvalue weighted by Gasteiger charge is 2.26. The van der Waals surface area contributed by atoms with Crippen molar-refractivity contribution >= 4 is 5.91 Å². The molecular weight excluding hydrogens is 304 g/mol. The number of aryl methyl sites for hydroxylation is 2. The number of nitrogens with zero attached hydrogens (tertiary/aromatic N) is 3. The Morgan fingerprint density at radius 1 is 1.25 bits per heavy atom. The van der Waals surface area contributed by atoms with Crippen LogP contribution >= 0.6 is 0 Å². The van der Waals surface area contributed by atoms with Gasteiger partial charge < -0.3 is 10.4 Å². The summed E-state index contributed by atoms with van der Waals surface area (Å²) in [4.78, 5) is 16.8. The summed E-state index contributed by atoms with van der Waals surface area (Å²) in [6, 6.07) is 7.42. The molecule has 1 amide bonds. The molecule has 1 aromatic carbocycles. The highest BCUT2D eigenvalue weighted by molar-refractivity contribution is 5.94. The third-order valence-electron chi connectivity index (χ3n) is 4.71. The first-order chi connectivity index (χ1) is 11.6. The van der Waals surface area contributed by atoms with E-state index in [9.17, 15) is 9.90 Å². The van der Waals surface area contributed by atoms with Crippen molar-refractivity contribution in [3.63, 3.8) is 0 Å². The Kier molecular flexibility index (Phi) is 4.94. The first-order valence-electron chi connectivity index (χ1n) is 8.51.